The molecule has 0 atom stereocenters. The van der Waals surface area contributed by atoms with E-state index in [0.29, 0.717) is 10.6 Å². The molecule has 3 nitrogen and oxygen atoms in total. The standard InChI is InChI=1S/C13H8Cl4O3S/c1-7-4-8(2-3-9(7)14)20-21(18,19)13-6-11(16)10(15)5-12(13)17/h2-6H,1H3. The minimum atomic E-state index is -4.13. The lowest BCUT2D eigenvalue weighted by molar-refractivity contribution is 0.486. The van der Waals surface area contributed by atoms with Gasteiger partial charge >= 0.3 is 10.1 Å². The quantitative estimate of drug-likeness (QED) is 0.526. The maximum Gasteiger partial charge on any atom is 0.340 e. The summed E-state index contributed by atoms with van der Waals surface area (Å²) in [6.07, 6.45) is 0. The van der Waals surface area contributed by atoms with Gasteiger partial charge in [0.05, 0.1) is 15.1 Å². The maximum atomic E-state index is 12.2. The molecule has 0 fully saturated rings. The second-order valence-electron chi connectivity index (χ2n) is 4.15. The fourth-order valence-electron chi connectivity index (χ4n) is 1.54. The second kappa shape index (κ2) is 6.23. The number of hydrogen-bond donors (Lipinski definition) is 0. The smallest absolute Gasteiger partial charge is 0.340 e. The van der Waals surface area contributed by atoms with Gasteiger partial charge in [0.1, 0.15) is 10.6 Å². The first-order chi connectivity index (χ1) is 9.70. The molecule has 8 heteroatoms. The predicted molar refractivity (Wildman–Crippen MR) is 85.5 cm³/mol. The van der Waals surface area contributed by atoms with Crippen LogP contribution in [-0.4, -0.2) is 8.42 Å². The first-order valence-electron chi connectivity index (χ1n) is 5.56. The Morgan fingerprint density at radius 1 is 0.857 bits per heavy atom. The fraction of sp³-hybridized carbons (Fsp3) is 0.0769. The highest BCUT2D eigenvalue weighted by Crippen LogP contribution is 2.33. The van der Waals surface area contributed by atoms with Crippen molar-refractivity contribution in [2.24, 2.45) is 0 Å². The number of aryl methyl sites for hydroxylation is 1. The van der Waals surface area contributed by atoms with Crippen LogP contribution in [0, 0.1) is 6.92 Å². The van der Waals surface area contributed by atoms with Crippen molar-refractivity contribution in [2.45, 2.75) is 11.8 Å². The molecule has 0 heterocycles. The topological polar surface area (TPSA) is 43.4 Å². The molecule has 0 saturated carbocycles. The first kappa shape index (κ1) is 16.7. The summed E-state index contributed by atoms with van der Waals surface area (Å²) in [5.74, 6) is 0.124. The van der Waals surface area contributed by atoms with Crippen molar-refractivity contribution in [3.8, 4) is 5.75 Å². The molecule has 0 saturated heterocycles. The zero-order chi connectivity index (χ0) is 15.8. The van der Waals surface area contributed by atoms with Gasteiger partial charge in [0, 0.05) is 5.02 Å². The summed E-state index contributed by atoms with van der Waals surface area (Å²) in [5, 5.41) is 0.654. The van der Waals surface area contributed by atoms with E-state index in [1.165, 1.54) is 24.3 Å². The molecule has 21 heavy (non-hydrogen) atoms. The lowest BCUT2D eigenvalue weighted by Crippen LogP contribution is -2.10. The zero-order valence-corrected chi connectivity index (χ0v) is 14.4. The zero-order valence-electron chi connectivity index (χ0n) is 10.5. The molecule has 0 N–H and O–H groups in total. The molecule has 2 aromatic carbocycles. The molecule has 0 aliphatic carbocycles. The van der Waals surface area contributed by atoms with Crippen LogP contribution in [0.15, 0.2) is 35.2 Å². The lowest BCUT2D eigenvalue weighted by Gasteiger charge is -2.10. The Balaban J connectivity index is 2.43. The maximum absolute atomic E-state index is 12.2. The van der Waals surface area contributed by atoms with Gasteiger partial charge in [0.2, 0.25) is 0 Å². The fourth-order valence-corrected chi connectivity index (χ4v) is 3.56. The summed E-state index contributed by atoms with van der Waals surface area (Å²) in [6, 6.07) is 6.88. The van der Waals surface area contributed by atoms with Crippen LogP contribution in [0.25, 0.3) is 0 Å². The SMILES string of the molecule is Cc1cc(OS(=O)(=O)c2cc(Cl)c(Cl)cc2Cl)ccc1Cl. The van der Waals surface area contributed by atoms with Crippen LogP contribution >= 0.6 is 46.4 Å². The summed E-state index contributed by atoms with van der Waals surface area (Å²) in [5.41, 5.74) is 0.685. The number of benzene rings is 2. The first-order valence-corrected chi connectivity index (χ1v) is 8.48. The molecule has 0 spiro atoms. The monoisotopic (exact) mass is 384 g/mol. The van der Waals surface area contributed by atoms with Crippen molar-refractivity contribution in [3.05, 3.63) is 56.0 Å². The molecule has 0 radical (unpaired) electrons. The van der Waals surface area contributed by atoms with Crippen molar-refractivity contribution in [3.63, 3.8) is 0 Å². The average Bonchev–Trinajstić information content (AvgIpc) is 2.37. The molecule has 2 rings (SSSR count). The molecule has 0 aromatic heterocycles. The van der Waals surface area contributed by atoms with Gasteiger partial charge in [-0.2, -0.15) is 8.42 Å². The highest BCUT2D eigenvalue weighted by atomic mass is 35.5. The van der Waals surface area contributed by atoms with E-state index in [2.05, 4.69) is 0 Å². The van der Waals surface area contributed by atoms with Gasteiger partial charge in [0.15, 0.2) is 0 Å². The highest BCUT2D eigenvalue weighted by molar-refractivity contribution is 7.87. The van der Waals surface area contributed by atoms with E-state index in [-0.39, 0.29) is 25.7 Å². The van der Waals surface area contributed by atoms with Crippen LogP contribution in [0.3, 0.4) is 0 Å². The minimum Gasteiger partial charge on any atom is -0.379 e. The Morgan fingerprint density at radius 3 is 2.10 bits per heavy atom. The largest absolute Gasteiger partial charge is 0.379 e. The predicted octanol–water partition coefficient (Wildman–Crippen LogP) is 5.38. The Hall–Kier alpha value is -0.650. The number of halogens is 4. The van der Waals surface area contributed by atoms with Crippen LogP contribution in [0.1, 0.15) is 5.56 Å². The van der Waals surface area contributed by atoms with Gasteiger partial charge in [-0.05, 0) is 42.8 Å². The summed E-state index contributed by atoms with van der Waals surface area (Å²) in [4.78, 5) is -0.258. The summed E-state index contributed by atoms with van der Waals surface area (Å²) in [7, 11) is -4.13. The van der Waals surface area contributed by atoms with Crippen molar-refractivity contribution >= 4 is 56.5 Å². The third-order valence-electron chi connectivity index (χ3n) is 2.58. The molecular formula is C13H8Cl4O3S. The van der Waals surface area contributed by atoms with Gasteiger partial charge < -0.3 is 4.18 Å². The molecule has 0 amide bonds. The molecule has 112 valence electrons. The normalized spacial score (nSPS) is 11.5. The van der Waals surface area contributed by atoms with Crippen molar-refractivity contribution in [1.29, 1.82) is 0 Å². The molecular weight excluding hydrogens is 378 g/mol. The van der Waals surface area contributed by atoms with Gasteiger partial charge in [-0.25, -0.2) is 0 Å². The van der Waals surface area contributed by atoms with Crippen molar-refractivity contribution < 1.29 is 12.6 Å². The van der Waals surface area contributed by atoms with Gasteiger partial charge in [-0.3, -0.25) is 0 Å². The minimum absolute atomic E-state index is 0.0653. The summed E-state index contributed by atoms with van der Waals surface area (Å²) in [6.45, 7) is 1.73. The lowest BCUT2D eigenvalue weighted by atomic mass is 10.2. The Bertz CT molecular complexity index is 803. The van der Waals surface area contributed by atoms with E-state index < -0.39 is 10.1 Å². The second-order valence-corrected chi connectivity index (χ2v) is 7.29. The number of rotatable bonds is 3. The molecule has 0 aliphatic rings. The van der Waals surface area contributed by atoms with E-state index in [9.17, 15) is 8.42 Å². The van der Waals surface area contributed by atoms with Gasteiger partial charge in [0.25, 0.3) is 0 Å². The van der Waals surface area contributed by atoms with Crippen LogP contribution in [0.4, 0.5) is 0 Å². The van der Waals surface area contributed by atoms with Crippen LogP contribution in [-0.2, 0) is 10.1 Å². The Kier molecular flexibility index (Phi) is 4.96. The molecule has 0 aliphatic heterocycles. The van der Waals surface area contributed by atoms with Gasteiger partial charge in [-0.15, -0.1) is 0 Å². The average molecular weight is 386 g/mol. The van der Waals surface area contributed by atoms with E-state index >= 15 is 0 Å². The number of hydrogen-bond acceptors (Lipinski definition) is 3. The van der Waals surface area contributed by atoms with Crippen LogP contribution in [0.5, 0.6) is 5.75 Å². The molecule has 2 aromatic rings. The van der Waals surface area contributed by atoms with Gasteiger partial charge in [-0.1, -0.05) is 46.4 Å². The molecule has 0 unspecified atom stereocenters. The van der Waals surface area contributed by atoms with Crippen molar-refractivity contribution in [1.82, 2.24) is 0 Å². The Morgan fingerprint density at radius 2 is 1.48 bits per heavy atom. The van der Waals surface area contributed by atoms with E-state index in [1.54, 1.807) is 6.92 Å². The summed E-state index contributed by atoms with van der Waals surface area (Å²) < 4.78 is 29.5. The van der Waals surface area contributed by atoms with E-state index in [0.717, 1.165) is 6.07 Å². The highest BCUT2D eigenvalue weighted by Gasteiger charge is 2.22. The third-order valence-corrected chi connectivity index (χ3v) is 5.44. The van der Waals surface area contributed by atoms with E-state index in [1.807, 2.05) is 0 Å². The van der Waals surface area contributed by atoms with Crippen LogP contribution in [0.2, 0.25) is 20.1 Å². The van der Waals surface area contributed by atoms with Crippen molar-refractivity contribution in [2.75, 3.05) is 0 Å². The molecule has 0 bridgehead atoms. The summed E-state index contributed by atoms with van der Waals surface area (Å²) >= 11 is 23.3. The third kappa shape index (κ3) is 3.76. The Labute approximate surface area is 142 Å². The van der Waals surface area contributed by atoms with Crippen LogP contribution < -0.4 is 4.18 Å². The van der Waals surface area contributed by atoms with E-state index in [4.69, 9.17) is 50.6 Å².